The highest BCUT2D eigenvalue weighted by Gasteiger charge is 2.07. The number of benzene rings is 1. The number of hydrogen-bond donors (Lipinski definition) is 1. The summed E-state index contributed by atoms with van der Waals surface area (Å²) < 4.78 is 0. The Kier molecular flexibility index (Phi) is 5.57. The topological polar surface area (TPSA) is 40.5 Å². The standard InChI is InChI=1S/C13H19NO2/c1-14(13(16)8-5-11-15)10-9-12-6-3-2-4-7-12/h2-4,6-7,15H,5,8-11H2,1H3. The Morgan fingerprint density at radius 3 is 2.62 bits per heavy atom. The van der Waals surface area contributed by atoms with Crippen LogP contribution in [0.15, 0.2) is 30.3 Å². The second-order valence-corrected chi connectivity index (χ2v) is 3.88. The highest BCUT2D eigenvalue weighted by atomic mass is 16.3. The Balaban J connectivity index is 2.29. The van der Waals surface area contributed by atoms with E-state index < -0.39 is 0 Å². The molecular formula is C13H19NO2. The summed E-state index contributed by atoms with van der Waals surface area (Å²) in [4.78, 5) is 13.3. The second kappa shape index (κ2) is 7.01. The van der Waals surface area contributed by atoms with Crippen LogP contribution in [0.25, 0.3) is 0 Å². The Morgan fingerprint density at radius 2 is 2.00 bits per heavy atom. The van der Waals surface area contributed by atoms with Gasteiger partial charge in [-0.25, -0.2) is 0 Å². The van der Waals surface area contributed by atoms with Gasteiger partial charge in [-0.3, -0.25) is 4.79 Å². The molecule has 88 valence electrons. The largest absolute Gasteiger partial charge is 0.396 e. The number of rotatable bonds is 6. The van der Waals surface area contributed by atoms with E-state index in [1.54, 1.807) is 4.90 Å². The maximum absolute atomic E-state index is 11.5. The molecule has 0 atom stereocenters. The fourth-order valence-electron chi connectivity index (χ4n) is 1.49. The summed E-state index contributed by atoms with van der Waals surface area (Å²) >= 11 is 0. The lowest BCUT2D eigenvalue weighted by Gasteiger charge is -2.16. The van der Waals surface area contributed by atoms with Crippen LogP contribution in [0.5, 0.6) is 0 Å². The van der Waals surface area contributed by atoms with Gasteiger partial charge < -0.3 is 10.0 Å². The van der Waals surface area contributed by atoms with Gasteiger partial charge in [0.2, 0.25) is 5.91 Å². The van der Waals surface area contributed by atoms with E-state index in [4.69, 9.17) is 5.11 Å². The molecule has 0 bridgehead atoms. The van der Waals surface area contributed by atoms with Crippen molar-refractivity contribution in [2.75, 3.05) is 20.2 Å². The van der Waals surface area contributed by atoms with Crippen LogP contribution >= 0.6 is 0 Å². The average Bonchev–Trinajstić information content (AvgIpc) is 2.34. The third-order valence-corrected chi connectivity index (χ3v) is 2.55. The first-order valence-electron chi connectivity index (χ1n) is 5.63. The predicted octanol–water partition coefficient (Wildman–Crippen LogP) is 1.46. The number of hydrogen-bond acceptors (Lipinski definition) is 2. The van der Waals surface area contributed by atoms with Crippen LogP contribution in [0.2, 0.25) is 0 Å². The number of amides is 1. The molecule has 0 aliphatic rings. The van der Waals surface area contributed by atoms with Crippen molar-refractivity contribution in [2.45, 2.75) is 19.3 Å². The number of aliphatic hydroxyl groups excluding tert-OH is 1. The highest BCUT2D eigenvalue weighted by molar-refractivity contribution is 5.75. The molecule has 16 heavy (non-hydrogen) atoms. The predicted molar refractivity (Wildman–Crippen MR) is 64.1 cm³/mol. The van der Waals surface area contributed by atoms with Crippen molar-refractivity contribution in [3.05, 3.63) is 35.9 Å². The normalized spacial score (nSPS) is 10.1. The minimum Gasteiger partial charge on any atom is -0.396 e. The minimum absolute atomic E-state index is 0.0816. The molecular weight excluding hydrogens is 202 g/mol. The molecule has 0 spiro atoms. The van der Waals surface area contributed by atoms with Crippen LogP contribution in [0.4, 0.5) is 0 Å². The summed E-state index contributed by atoms with van der Waals surface area (Å²) in [6.45, 7) is 0.812. The van der Waals surface area contributed by atoms with Gasteiger partial charge >= 0.3 is 0 Å². The number of likely N-dealkylation sites (N-methyl/N-ethyl adjacent to an activating group) is 1. The van der Waals surface area contributed by atoms with Gasteiger partial charge in [0.25, 0.3) is 0 Å². The molecule has 1 rings (SSSR count). The number of carbonyl (C=O) groups is 1. The first-order valence-corrected chi connectivity index (χ1v) is 5.63. The van der Waals surface area contributed by atoms with Gasteiger partial charge in [-0.15, -0.1) is 0 Å². The average molecular weight is 221 g/mol. The van der Waals surface area contributed by atoms with E-state index in [1.807, 2.05) is 25.2 Å². The van der Waals surface area contributed by atoms with Crippen LogP contribution < -0.4 is 0 Å². The lowest BCUT2D eigenvalue weighted by molar-refractivity contribution is -0.130. The van der Waals surface area contributed by atoms with Gasteiger partial charge in [-0.1, -0.05) is 30.3 Å². The molecule has 0 saturated carbocycles. The zero-order chi connectivity index (χ0) is 11.8. The van der Waals surface area contributed by atoms with Crippen LogP contribution in [0.1, 0.15) is 18.4 Å². The van der Waals surface area contributed by atoms with E-state index in [1.165, 1.54) is 5.56 Å². The molecule has 0 radical (unpaired) electrons. The number of nitrogens with zero attached hydrogens (tertiary/aromatic N) is 1. The molecule has 0 aromatic heterocycles. The quantitative estimate of drug-likeness (QED) is 0.790. The smallest absolute Gasteiger partial charge is 0.222 e. The molecule has 1 aromatic rings. The summed E-state index contributed by atoms with van der Waals surface area (Å²) in [5.74, 6) is 0.102. The Morgan fingerprint density at radius 1 is 1.31 bits per heavy atom. The fraction of sp³-hybridized carbons (Fsp3) is 0.462. The van der Waals surface area contributed by atoms with Gasteiger partial charge in [0.1, 0.15) is 0 Å². The molecule has 0 aliphatic carbocycles. The van der Waals surface area contributed by atoms with Crippen molar-refractivity contribution in [3.8, 4) is 0 Å². The molecule has 0 saturated heterocycles. The van der Waals surface area contributed by atoms with Crippen LogP contribution in [-0.4, -0.2) is 36.1 Å². The lowest BCUT2D eigenvalue weighted by Crippen LogP contribution is -2.28. The number of carbonyl (C=O) groups excluding carboxylic acids is 1. The van der Waals surface area contributed by atoms with Crippen molar-refractivity contribution in [1.29, 1.82) is 0 Å². The molecule has 0 unspecified atom stereocenters. The molecule has 1 aromatic carbocycles. The van der Waals surface area contributed by atoms with Crippen LogP contribution in [0, 0.1) is 0 Å². The fourth-order valence-corrected chi connectivity index (χ4v) is 1.49. The zero-order valence-electron chi connectivity index (χ0n) is 9.72. The highest BCUT2D eigenvalue weighted by Crippen LogP contribution is 2.02. The SMILES string of the molecule is CN(CCc1ccccc1)C(=O)CCCO. The van der Waals surface area contributed by atoms with E-state index >= 15 is 0 Å². The third-order valence-electron chi connectivity index (χ3n) is 2.55. The van der Waals surface area contributed by atoms with Crippen molar-refractivity contribution >= 4 is 5.91 Å². The Hall–Kier alpha value is -1.35. The Bertz CT molecular complexity index is 311. The summed E-state index contributed by atoms with van der Waals surface area (Å²) in [5.41, 5.74) is 1.24. The lowest BCUT2D eigenvalue weighted by atomic mass is 10.1. The molecule has 0 fully saturated rings. The summed E-state index contributed by atoms with van der Waals surface area (Å²) in [6, 6.07) is 10.1. The molecule has 1 N–H and O–H groups in total. The van der Waals surface area contributed by atoms with Crippen molar-refractivity contribution in [1.82, 2.24) is 4.90 Å². The molecule has 3 heteroatoms. The van der Waals surface area contributed by atoms with Gasteiger partial charge in [-0.2, -0.15) is 0 Å². The summed E-state index contributed by atoms with van der Waals surface area (Å²) in [6.07, 6.45) is 1.86. The van der Waals surface area contributed by atoms with Gasteiger partial charge in [-0.05, 0) is 18.4 Å². The molecule has 3 nitrogen and oxygen atoms in total. The van der Waals surface area contributed by atoms with E-state index in [0.29, 0.717) is 12.8 Å². The zero-order valence-corrected chi connectivity index (χ0v) is 9.72. The third kappa shape index (κ3) is 4.45. The second-order valence-electron chi connectivity index (χ2n) is 3.88. The maximum atomic E-state index is 11.5. The van der Waals surface area contributed by atoms with E-state index in [9.17, 15) is 4.79 Å². The molecule has 0 heterocycles. The van der Waals surface area contributed by atoms with Crippen molar-refractivity contribution in [2.24, 2.45) is 0 Å². The minimum atomic E-state index is 0.0816. The molecule has 0 aliphatic heterocycles. The maximum Gasteiger partial charge on any atom is 0.222 e. The first kappa shape index (κ1) is 12.7. The van der Waals surface area contributed by atoms with Gasteiger partial charge in [0.15, 0.2) is 0 Å². The Labute approximate surface area is 96.7 Å². The van der Waals surface area contributed by atoms with Crippen molar-refractivity contribution in [3.63, 3.8) is 0 Å². The van der Waals surface area contributed by atoms with Crippen molar-refractivity contribution < 1.29 is 9.90 Å². The van der Waals surface area contributed by atoms with Gasteiger partial charge in [0.05, 0.1) is 0 Å². The monoisotopic (exact) mass is 221 g/mol. The molecule has 1 amide bonds. The first-order chi connectivity index (χ1) is 7.74. The summed E-state index contributed by atoms with van der Waals surface area (Å²) in [5, 5.41) is 8.63. The van der Waals surface area contributed by atoms with E-state index in [0.717, 1.165) is 13.0 Å². The van der Waals surface area contributed by atoms with E-state index in [-0.39, 0.29) is 12.5 Å². The van der Waals surface area contributed by atoms with Crippen LogP contribution in [0.3, 0.4) is 0 Å². The van der Waals surface area contributed by atoms with E-state index in [2.05, 4.69) is 12.1 Å². The van der Waals surface area contributed by atoms with Gasteiger partial charge in [0, 0.05) is 26.6 Å². The summed E-state index contributed by atoms with van der Waals surface area (Å²) in [7, 11) is 1.81. The van der Waals surface area contributed by atoms with Crippen LogP contribution in [-0.2, 0) is 11.2 Å². The number of aliphatic hydroxyl groups is 1.